The van der Waals surface area contributed by atoms with Crippen LogP contribution in [0.4, 0.5) is 0 Å². The maximum absolute atomic E-state index is 12.6. The fourth-order valence-electron chi connectivity index (χ4n) is 2.78. The van der Waals surface area contributed by atoms with Crippen molar-refractivity contribution >= 4 is 11.8 Å². The van der Waals surface area contributed by atoms with Crippen LogP contribution in [0.15, 0.2) is 78.9 Å². The van der Waals surface area contributed by atoms with Crippen LogP contribution in [0.2, 0.25) is 0 Å². The van der Waals surface area contributed by atoms with Crippen molar-refractivity contribution in [3.8, 4) is 5.75 Å². The Balaban J connectivity index is 1.72. The van der Waals surface area contributed by atoms with Gasteiger partial charge in [-0.2, -0.15) is 0 Å². The lowest BCUT2D eigenvalue weighted by atomic mass is 10.00. The molecular weight excluding hydrogens is 324 g/mol. The number of benzene rings is 3. The number of hydrogen-bond donors (Lipinski definition) is 0. The smallest absolute Gasteiger partial charge is 0.343 e. The Kier molecular flexibility index (Phi) is 5.59. The van der Waals surface area contributed by atoms with Crippen LogP contribution in [0.3, 0.4) is 0 Å². The van der Waals surface area contributed by atoms with Gasteiger partial charge in [-0.05, 0) is 61.2 Å². The third kappa shape index (κ3) is 4.45. The highest BCUT2D eigenvalue weighted by Crippen LogP contribution is 2.18. The zero-order valence-corrected chi connectivity index (χ0v) is 14.6. The van der Waals surface area contributed by atoms with Crippen LogP contribution in [0, 0.1) is 0 Å². The molecule has 26 heavy (non-hydrogen) atoms. The Labute approximate surface area is 153 Å². The number of ether oxygens (including phenoxy) is 1. The first-order valence-electron chi connectivity index (χ1n) is 8.58. The summed E-state index contributed by atoms with van der Waals surface area (Å²) in [5, 5.41) is 0. The average molecular weight is 344 g/mol. The van der Waals surface area contributed by atoms with Crippen LogP contribution in [0.5, 0.6) is 5.75 Å². The van der Waals surface area contributed by atoms with Gasteiger partial charge in [-0.15, -0.1) is 0 Å². The first-order valence-corrected chi connectivity index (χ1v) is 8.58. The second kappa shape index (κ2) is 8.26. The van der Waals surface area contributed by atoms with E-state index in [-0.39, 0.29) is 11.8 Å². The van der Waals surface area contributed by atoms with Gasteiger partial charge in [0.15, 0.2) is 5.78 Å². The zero-order chi connectivity index (χ0) is 18.4. The van der Waals surface area contributed by atoms with Crippen molar-refractivity contribution in [3.63, 3.8) is 0 Å². The summed E-state index contributed by atoms with van der Waals surface area (Å²) < 4.78 is 5.48. The second-order valence-electron chi connectivity index (χ2n) is 6.11. The lowest BCUT2D eigenvalue weighted by molar-refractivity contribution is 0.0733. The second-order valence-corrected chi connectivity index (χ2v) is 6.11. The highest BCUT2D eigenvalue weighted by molar-refractivity contribution is 5.95. The van der Waals surface area contributed by atoms with E-state index in [0.717, 1.165) is 18.4 Å². The molecule has 3 heteroatoms. The lowest BCUT2D eigenvalue weighted by Gasteiger charge is -2.10. The van der Waals surface area contributed by atoms with Gasteiger partial charge in [0.05, 0.1) is 5.56 Å². The van der Waals surface area contributed by atoms with Gasteiger partial charge in [-0.1, -0.05) is 48.5 Å². The molecular formula is C23H20O3. The third-order valence-electron chi connectivity index (χ3n) is 4.23. The minimum Gasteiger partial charge on any atom is -0.423 e. The van der Waals surface area contributed by atoms with E-state index in [2.05, 4.69) is 12.1 Å². The topological polar surface area (TPSA) is 43.4 Å². The molecule has 0 bridgehead atoms. The van der Waals surface area contributed by atoms with E-state index in [9.17, 15) is 9.59 Å². The van der Waals surface area contributed by atoms with Crippen molar-refractivity contribution in [1.29, 1.82) is 0 Å². The van der Waals surface area contributed by atoms with E-state index in [4.69, 9.17) is 4.74 Å². The average Bonchev–Trinajstić information content (AvgIpc) is 2.68. The summed E-state index contributed by atoms with van der Waals surface area (Å²) in [5.41, 5.74) is 3.35. The maximum atomic E-state index is 12.6. The molecule has 3 rings (SSSR count). The SMILES string of the molecule is CC(=O)c1ccc(OC(=O)c2ccccc2CCc2ccccc2)cc1. The first kappa shape index (κ1) is 17.6. The predicted molar refractivity (Wildman–Crippen MR) is 102 cm³/mol. The largest absolute Gasteiger partial charge is 0.423 e. The molecule has 0 aliphatic carbocycles. The molecule has 0 saturated heterocycles. The van der Waals surface area contributed by atoms with E-state index in [1.165, 1.54) is 12.5 Å². The van der Waals surface area contributed by atoms with Gasteiger partial charge < -0.3 is 4.74 Å². The van der Waals surface area contributed by atoms with Crippen LogP contribution in [-0.2, 0) is 12.8 Å². The van der Waals surface area contributed by atoms with Crippen molar-refractivity contribution in [3.05, 3.63) is 101 Å². The number of rotatable bonds is 6. The summed E-state index contributed by atoms with van der Waals surface area (Å²) in [7, 11) is 0. The summed E-state index contributed by atoms with van der Waals surface area (Å²) in [4.78, 5) is 23.9. The van der Waals surface area contributed by atoms with Crippen molar-refractivity contribution in [2.45, 2.75) is 19.8 Å². The van der Waals surface area contributed by atoms with Crippen LogP contribution in [0.1, 0.15) is 38.8 Å². The van der Waals surface area contributed by atoms with Gasteiger partial charge in [0, 0.05) is 5.56 Å². The minimum absolute atomic E-state index is 0.0193. The quantitative estimate of drug-likeness (QED) is 0.363. The molecule has 0 fully saturated rings. The predicted octanol–water partition coefficient (Wildman–Crippen LogP) is 4.89. The van der Waals surface area contributed by atoms with Crippen LogP contribution in [-0.4, -0.2) is 11.8 Å². The van der Waals surface area contributed by atoms with E-state index >= 15 is 0 Å². The molecule has 0 N–H and O–H groups in total. The normalized spacial score (nSPS) is 10.3. The number of aryl methyl sites for hydroxylation is 2. The van der Waals surface area contributed by atoms with E-state index in [1.54, 1.807) is 30.3 Å². The summed E-state index contributed by atoms with van der Waals surface area (Å²) in [5.74, 6) is 0.0243. The summed E-state index contributed by atoms with van der Waals surface area (Å²) in [6, 6.07) is 24.3. The van der Waals surface area contributed by atoms with Crippen molar-refractivity contribution < 1.29 is 14.3 Å². The molecule has 3 aromatic carbocycles. The van der Waals surface area contributed by atoms with E-state index < -0.39 is 0 Å². The number of carbonyl (C=O) groups excluding carboxylic acids is 2. The number of carbonyl (C=O) groups is 2. The van der Waals surface area contributed by atoms with Crippen molar-refractivity contribution in [1.82, 2.24) is 0 Å². The van der Waals surface area contributed by atoms with Gasteiger partial charge in [0.1, 0.15) is 5.75 Å². The van der Waals surface area contributed by atoms with Crippen LogP contribution >= 0.6 is 0 Å². The van der Waals surface area contributed by atoms with Gasteiger partial charge in [-0.3, -0.25) is 4.79 Å². The Bertz CT molecular complexity index is 896. The van der Waals surface area contributed by atoms with Gasteiger partial charge in [-0.25, -0.2) is 4.79 Å². The molecule has 0 spiro atoms. The van der Waals surface area contributed by atoms with Gasteiger partial charge >= 0.3 is 5.97 Å². The van der Waals surface area contributed by atoms with E-state index in [1.807, 2.05) is 36.4 Å². The monoisotopic (exact) mass is 344 g/mol. The number of ketones is 1. The number of Topliss-reactive ketones (excluding diaryl/α,β-unsaturated/α-hetero) is 1. The highest BCUT2D eigenvalue weighted by atomic mass is 16.5. The summed E-state index contributed by atoms with van der Waals surface area (Å²) >= 11 is 0. The van der Waals surface area contributed by atoms with Crippen LogP contribution in [0.25, 0.3) is 0 Å². The Morgan fingerprint density at radius 3 is 2.12 bits per heavy atom. The maximum Gasteiger partial charge on any atom is 0.343 e. The molecule has 0 aromatic heterocycles. The molecule has 3 nitrogen and oxygen atoms in total. The molecule has 0 radical (unpaired) electrons. The molecule has 0 atom stereocenters. The van der Waals surface area contributed by atoms with Crippen molar-refractivity contribution in [2.75, 3.05) is 0 Å². The van der Waals surface area contributed by atoms with Crippen molar-refractivity contribution in [2.24, 2.45) is 0 Å². The van der Waals surface area contributed by atoms with E-state index in [0.29, 0.717) is 16.9 Å². The molecule has 130 valence electrons. The molecule has 0 aliphatic rings. The molecule has 0 saturated carbocycles. The Hall–Kier alpha value is -3.20. The summed E-state index contributed by atoms with van der Waals surface area (Å²) in [6.45, 7) is 1.50. The Morgan fingerprint density at radius 2 is 1.42 bits per heavy atom. The van der Waals surface area contributed by atoms with Crippen LogP contribution < -0.4 is 4.74 Å². The molecule has 3 aromatic rings. The zero-order valence-electron chi connectivity index (χ0n) is 14.6. The standard InChI is InChI=1S/C23H20O3/c1-17(24)19-13-15-21(16-14-19)26-23(25)22-10-6-5-9-20(22)12-11-18-7-3-2-4-8-18/h2-10,13-16H,11-12H2,1H3. The molecule has 0 amide bonds. The molecule has 0 unspecified atom stereocenters. The molecule has 0 heterocycles. The highest BCUT2D eigenvalue weighted by Gasteiger charge is 2.13. The third-order valence-corrected chi connectivity index (χ3v) is 4.23. The lowest BCUT2D eigenvalue weighted by Crippen LogP contribution is -2.12. The van der Waals surface area contributed by atoms with Gasteiger partial charge in [0.2, 0.25) is 0 Å². The minimum atomic E-state index is -0.385. The fraction of sp³-hybridized carbons (Fsp3) is 0.130. The Morgan fingerprint density at radius 1 is 0.769 bits per heavy atom. The number of hydrogen-bond acceptors (Lipinski definition) is 3. The molecule has 0 aliphatic heterocycles. The first-order chi connectivity index (χ1) is 12.6. The fourth-order valence-corrected chi connectivity index (χ4v) is 2.78. The number of esters is 1. The summed E-state index contributed by atoms with van der Waals surface area (Å²) in [6.07, 6.45) is 1.62. The van der Waals surface area contributed by atoms with Gasteiger partial charge in [0.25, 0.3) is 0 Å².